The molecule has 3 aromatic rings. The van der Waals surface area contributed by atoms with Crippen LogP contribution in [0, 0.1) is 10.1 Å². The number of nitro groups is 1. The normalized spacial score (nSPS) is 10.7. The Hall–Kier alpha value is -3.22. The van der Waals surface area contributed by atoms with Gasteiger partial charge in [0, 0.05) is 19.8 Å². The minimum atomic E-state index is -0.685. The van der Waals surface area contributed by atoms with Crippen LogP contribution in [0.3, 0.4) is 0 Å². The molecule has 0 aliphatic carbocycles. The molecule has 2 aromatic heterocycles. The number of benzene rings is 1. The SMILES string of the molecule is CN(Cc1ccccc1)c1nc2ccccn2c(=O)c1[N+](=O)[O-]. The van der Waals surface area contributed by atoms with Crippen molar-refractivity contribution >= 4 is 17.2 Å². The molecule has 0 unspecified atom stereocenters. The fourth-order valence-electron chi connectivity index (χ4n) is 2.43. The third kappa shape index (κ3) is 2.76. The summed E-state index contributed by atoms with van der Waals surface area (Å²) in [6.07, 6.45) is 1.47. The van der Waals surface area contributed by atoms with Crippen LogP contribution in [0.5, 0.6) is 0 Å². The van der Waals surface area contributed by atoms with Gasteiger partial charge in [0.1, 0.15) is 5.65 Å². The van der Waals surface area contributed by atoms with Gasteiger partial charge in [-0.05, 0) is 17.7 Å². The quantitative estimate of drug-likeness (QED) is 0.545. The average Bonchev–Trinajstić information content (AvgIpc) is 2.55. The highest BCUT2D eigenvalue weighted by molar-refractivity contribution is 5.61. The van der Waals surface area contributed by atoms with E-state index in [2.05, 4.69) is 4.98 Å². The van der Waals surface area contributed by atoms with Crippen molar-refractivity contribution in [1.82, 2.24) is 9.38 Å². The van der Waals surface area contributed by atoms with Gasteiger partial charge in [0.25, 0.3) is 0 Å². The van der Waals surface area contributed by atoms with E-state index in [1.54, 1.807) is 30.1 Å². The van der Waals surface area contributed by atoms with Crippen LogP contribution in [0.15, 0.2) is 59.5 Å². The van der Waals surface area contributed by atoms with Crippen molar-refractivity contribution < 1.29 is 4.92 Å². The van der Waals surface area contributed by atoms with Gasteiger partial charge in [0.2, 0.25) is 5.82 Å². The van der Waals surface area contributed by atoms with Crippen molar-refractivity contribution in [2.24, 2.45) is 0 Å². The second-order valence-corrected chi connectivity index (χ2v) is 5.12. The van der Waals surface area contributed by atoms with Crippen molar-refractivity contribution in [1.29, 1.82) is 0 Å². The fourth-order valence-corrected chi connectivity index (χ4v) is 2.43. The molecule has 0 saturated carbocycles. The Bertz CT molecular complexity index is 922. The summed E-state index contributed by atoms with van der Waals surface area (Å²) in [6.45, 7) is 0.414. The number of aromatic nitrogens is 2. The van der Waals surface area contributed by atoms with Crippen molar-refractivity contribution in [3.8, 4) is 0 Å². The van der Waals surface area contributed by atoms with Crippen LogP contribution in [-0.4, -0.2) is 21.4 Å². The van der Waals surface area contributed by atoms with E-state index in [0.717, 1.165) is 5.56 Å². The third-order valence-electron chi connectivity index (χ3n) is 3.50. The maximum Gasteiger partial charge on any atom is 0.376 e. The maximum absolute atomic E-state index is 12.4. The molecule has 0 saturated heterocycles. The second-order valence-electron chi connectivity index (χ2n) is 5.12. The zero-order valence-corrected chi connectivity index (χ0v) is 12.4. The van der Waals surface area contributed by atoms with E-state index >= 15 is 0 Å². The minimum absolute atomic E-state index is 0.0649. The Morgan fingerprint density at radius 1 is 1.17 bits per heavy atom. The lowest BCUT2D eigenvalue weighted by Gasteiger charge is -2.18. The van der Waals surface area contributed by atoms with Crippen LogP contribution in [0.4, 0.5) is 11.5 Å². The van der Waals surface area contributed by atoms with E-state index in [4.69, 9.17) is 0 Å². The zero-order valence-electron chi connectivity index (χ0n) is 12.4. The molecule has 0 spiro atoms. The first-order valence-corrected chi connectivity index (χ1v) is 6.99. The molecule has 0 fully saturated rings. The highest BCUT2D eigenvalue weighted by atomic mass is 16.6. The van der Waals surface area contributed by atoms with Gasteiger partial charge in [0.15, 0.2) is 0 Å². The van der Waals surface area contributed by atoms with Crippen molar-refractivity contribution in [2.45, 2.75) is 6.54 Å². The molecule has 3 rings (SSSR count). The lowest BCUT2D eigenvalue weighted by atomic mass is 10.2. The molecule has 0 atom stereocenters. The Labute approximate surface area is 131 Å². The highest BCUT2D eigenvalue weighted by Gasteiger charge is 2.26. The Kier molecular flexibility index (Phi) is 3.76. The summed E-state index contributed by atoms with van der Waals surface area (Å²) in [5.74, 6) is 0.0649. The summed E-state index contributed by atoms with van der Waals surface area (Å²) in [7, 11) is 1.68. The number of fused-ring (bicyclic) bond motifs is 1. The number of anilines is 1. The van der Waals surface area contributed by atoms with Gasteiger partial charge in [0.05, 0.1) is 4.92 Å². The third-order valence-corrected chi connectivity index (χ3v) is 3.50. The van der Waals surface area contributed by atoms with E-state index in [9.17, 15) is 14.9 Å². The smallest absolute Gasteiger partial charge is 0.349 e. The molecule has 0 radical (unpaired) electrons. The Morgan fingerprint density at radius 3 is 2.57 bits per heavy atom. The summed E-state index contributed by atoms with van der Waals surface area (Å²) in [6, 6.07) is 14.5. The molecule has 0 N–H and O–H groups in total. The van der Waals surface area contributed by atoms with Gasteiger partial charge < -0.3 is 4.90 Å². The van der Waals surface area contributed by atoms with Gasteiger partial charge in [-0.15, -0.1) is 0 Å². The average molecular weight is 310 g/mol. The molecule has 0 aliphatic rings. The van der Waals surface area contributed by atoms with Crippen molar-refractivity contribution in [3.63, 3.8) is 0 Å². The molecular formula is C16H14N4O3. The standard InChI is InChI=1S/C16H14N4O3/c1-18(11-12-7-3-2-4-8-12)15-14(20(22)23)16(21)19-10-6-5-9-13(19)17-15/h2-10H,11H2,1H3. The molecule has 1 aromatic carbocycles. The van der Waals surface area contributed by atoms with Gasteiger partial charge in [-0.1, -0.05) is 36.4 Å². The Morgan fingerprint density at radius 2 is 1.87 bits per heavy atom. The number of rotatable bonds is 4. The van der Waals surface area contributed by atoms with Gasteiger partial charge in [-0.2, -0.15) is 0 Å². The molecule has 0 bridgehead atoms. The summed E-state index contributed by atoms with van der Waals surface area (Å²) in [5, 5.41) is 11.4. The summed E-state index contributed by atoms with van der Waals surface area (Å²) >= 11 is 0. The number of nitrogens with zero attached hydrogens (tertiary/aromatic N) is 4. The van der Waals surface area contributed by atoms with Crippen LogP contribution in [0.2, 0.25) is 0 Å². The summed E-state index contributed by atoms with van der Waals surface area (Å²) in [4.78, 5) is 29.0. The van der Waals surface area contributed by atoms with Crippen LogP contribution >= 0.6 is 0 Å². The lowest BCUT2D eigenvalue weighted by Crippen LogP contribution is -2.26. The number of hydrogen-bond donors (Lipinski definition) is 0. The van der Waals surface area contributed by atoms with Gasteiger partial charge in [-0.3, -0.25) is 19.3 Å². The molecule has 0 aliphatic heterocycles. The second kappa shape index (κ2) is 5.88. The Balaban J connectivity index is 2.14. The van der Waals surface area contributed by atoms with Crippen LogP contribution in [0.25, 0.3) is 5.65 Å². The molecule has 116 valence electrons. The highest BCUT2D eigenvalue weighted by Crippen LogP contribution is 2.23. The molecular weight excluding hydrogens is 296 g/mol. The van der Waals surface area contributed by atoms with Gasteiger partial charge in [-0.25, -0.2) is 4.98 Å². The van der Waals surface area contributed by atoms with Crippen molar-refractivity contribution in [2.75, 3.05) is 11.9 Å². The van der Waals surface area contributed by atoms with Crippen molar-refractivity contribution in [3.05, 3.63) is 80.8 Å². The molecule has 0 amide bonds. The lowest BCUT2D eigenvalue weighted by molar-refractivity contribution is -0.385. The van der Waals surface area contributed by atoms with Gasteiger partial charge >= 0.3 is 11.2 Å². The minimum Gasteiger partial charge on any atom is -0.349 e. The van der Waals surface area contributed by atoms with Crippen LogP contribution in [0.1, 0.15) is 5.56 Å². The van der Waals surface area contributed by atoms with E-state index in [-0.39, 0.29) is 5.82 Å². The molecule has 2 heterocycles. The maximum atomic E-state index is 12.4. The predicted molar refractivity (Wildman–Crippen MR) is 86.7 cm³/mol. The fraction of sp³-hybridized carbons (Fsp3) is 0.125. The summed E-state index contributed by atoms with van der Waals surface area (Å²) < 4.78 is 1.18. The monoisotopic (exact) mass is 310 g/mol. The largest absolute Gasteiger partial charge is 0.376 e. The number of pyridine rings is 1. The summed E-state index contributed by atoms with van der Waals surface area (Å²) in [5.41, 5.74) is 0.139. The van der Waals surface area contributed by atoms with Crippen LogP contribution < -0.4 is 10.5 Å². The predicted octanol–water partition coefficient (Wildman–Crippen LogP) is 2.24. The zero-order chi connectivity index (χ0) is 16.4. The van der Waals surface area contributed by atoms with Crippen LogP contribution in [-0.2, 0) is 6.54 Å². The number of hydrogen-bond acceptors (Lipinski definition) is 5. The topological polar surface area (TPSA) is 80.8 Å². The first kappa shape index (κ1) is 14.7. The van der Waals surface area contributed by atoms with E-state index < -0.39 is 16.2 Å². The molecule has 7 nitrogen and oxygen atoms in total. The molecule has 7 heteroatoms. The van der Waals surface area contributed by atoms with E-state index in [0.29, 0.717) is 12.2 Å². The first-order valence-electron chi connectivity index (χ1n) is 6.99. The van der Waals surface area contributed by atoms with E-state index in [1.165, 1.54) is 10.6 Å². The van der Waals surface area contributed by atoms with E-state index in [1.807, 2.05) is 30.3 Å². The first-order chi connectivity index (χ1) is 11.1. The molecule has 23 heavy (non-hydrogen) atoms.